The first-order valence-electron chi connectivity index (χ1n) is 19.4. The normalized spacial score (nSPS) is 21.5. The molecule has 2 N–H and O–H groups in total. The predicted octanol–water partition coefficient (Wildman–Crippen LogP) is 7.06. The van der Waals surface area contributed by atoms with Crippen LogP contribution in [-0.2, 0) is 29.3 Å². The molecule has 3 aliphatic heterocycles. The van der Waals surface area contributed by atoms with E-state index in [1.807, 2.05) is 23.2 Å². The molecule has 4 aromatic rings. The number of nitrogens with zero attached hydrogens (tertiary/aromatic N) is 3. The second-order valence-corrected chi connectivity index (χ2v) is 18.1. The third-order valence-corrected chi connectivity index (χ3v) is 14.2. The molecule has 7 rings (SSSR count). The molecule has 3 aliphatic rings. The molecule has 0 radical (unpaired) electrons. The van der Waals surface area contributed by atoms with E-state index in [1.54, 1.807) is 36.2 Å². The lowest BCUT2D eigenvalue weighted by atomic mass is 9.91. The minimum atomic E-state index is -5.20. The van der Waals surface area contributed by atoms with Gasteiger partial charge in [0.1, 0.15) is 17.8 Å². The van der Waals surface area contributed by atoms with Crippen LogP contribution in [0.1, 0.15) is 79.1 Å². The standard InChI is InChI=1S/C41H46F2N5O7PS/c1-3-19-54-40(52)26(2)46-56(53,55-33-12-5-4-6-13-33)41(42,43)31-14-17-35-29(20-31)21-36(57-35)37(49)45-23-28-9-7-11-32-15-16-34(48(32)38(28)50)39(51)47-24-30(25-47)27-10-8-18-44-22-27/h4-6,8,10,12-14,17-18,20-22,26,28,30,32,34H,3,7,9,11,15-16,19,23-25H2,1-2H3,(H,45,49)(H,46,53)/t26-,28?,32-,34-,56?/m0/s1. The van der Waals surface area contributed by atoms with E-state index in [4.69, 9.17) is 9.26 Å². The van der Waals surface area contributed by atoms with Gasteiger partial charge < -0.3 is 24.4 Å². The lowest BCUT2D eigenvalue weighted by Gasteiger charge is -2.42. The van der Waals surface area contributed by atoms with Gasteiger partial charge in [-0.05, 0) is 86.4 Å². The molecule has 5 heterocycles. The van der Waals surface area contributed by atoms with Gasteiger partial charge >= 0.3 is 19.2 Å². The third-order valence-electron chi connectivity index (χ3n) is 10.9. The van der Waals surface area contributed by atoms with Crippen molar-refractivity contribution in [3.63, 3.8) is 0 Å². The van der Waals surface area contributed by atoms with E-state index in [1.165, 1.54) is 31.2 Å². The summed E-state index contributed by atoms with van der Waals surface area (Å²) in [5.41, 5.74) is -3.67. The highest BCUT2D eigenvalue weighted by Crippen LogP contribution is 2.63. The van der Waals surface area contributed by atoms with Crippen LogP contribution in [0, 0.1) is 5.92 Å². The summed E-state index contributed by atoms with van der Waals surface area (Å²) in [6.45, 7) is 4.38. The maximum atomic E-state index is 16.4. The Labute approximate surface area is 333 Å². The lowest BCUT2D eigenvalue weighted by Crippen LogP contribution is -2.57. The highest BCUT2D eigenvalue weighted by Gasteiger charge is 2.56. The fourth-order valence-electron chi connectivity index (χ4n) is 7.81. The number of carbonyl (C=O) groups excluding carboxylic acids is 4. The average molecular weight is 822 g/mol. The van der Waals surface area contributed by atoms with E-state index < -0.39 is 48.6 Å². The Morgan fingerprint density at radius 2 is 1.82 bits per heavy atom. The van der Waals surface area contributed by atoms with Crippen molar-refractivity contribution in [2.45, 2.75) is 82.1 Å². The van der Waals surface area contributed by atoms with Gasteiger partial charge in [-0.3, -0.25) is 28.7 Å². The maximum Gasteiger partial charge on any atom is 0.390 e. The van der Waals surface area contributed by atoms with Crippen molar-refractivity contribution in [2.24, 2.45) is 5.92 Å². The molecular weight excluding hydrogens is 776 g/mol. The Morgan fingerprint density at radius 1 is 1.04 bits per heavy atom. The van der Waals surface area contributed by atoms with Crippen LogP contribution < -0.4 is 14.9 Å². The van der Waals surface area contributed by atoms with E-state index >= 15 is 8.78 Å². The summed E-state index contributed by atoms with van der Waals surface area (Å²) in [5, 5.41) is 5.44. The molecule has 2 aromatic carbocycles. The number of esters is 1. The maximum absolute atomic E-state index is 16.4. The number of hydrogen-bond donors (Lipinski definition) is 2. The number of thiophene rings is 1. The molecule has 0 saturated carbocycles. The number of likely N-dealkylation sites (tertiary alicyclic amines) is 1. The first kappa shape index (κ1) is 40.5. The molecule has 3 saturated heterocycles. The van der Waals surface area contributed by atoms with Crippen LogP contribution in [0.4, 0.5) is 8.78 Å². The number of nitrogens with one attached hydrogen (secondary N) is 2. The van der Waals surface area contributed by atoms with Gasteiger partial charge in [-0.2, -0.15) is 8.78 Å². The van der Waals surface area contributed by atoms with Gasteiger partial charge in [0.2, 0.25) is 11.8 Å². The van der Waals surface area contributed by atoms with Crippen LogP contribution in [0.3, 0.4) is 0 Å². The van der Waals surface area contributed by atoms with Crippen LogP contribution in [0.5, 0.6) is 5.75 Å². The first-order chi connectivity index (χ1) is 27.4. The molecule has 302 valence electrons. The van der Waals surface area contributed by atoms with Gasteiger partial charge in [0.05, 0.1) is 17.4 Å². The Hall–Kier alpha value is -4.72. The monoisotopic (exact) mass is 821 g/mol. The van der Waals surface area contributed by atoms with Crippen LogP contribution in [0.15, 0.2) is 79.1 Å². The summed E-state index contributed by atoms with van der Waals surface area (Å²) in [6.07, 6.45) is 7.58. The fraction of sp³-hybridized carbons (Fsp3) is 0.439. The van der Waals surface area contributed by atoms with Gasteiger partial charge in [-0.15, -0.1) is 11.3 Å². The molecular formula is C41H46F2N5O7PS. The molecule has 0 spiro atoms. The Balaban J connectivity index is 1.02. The number of alkyl halides is 2. The van der Waals surface area contributed by atoms with Gasteiger partial charge in [-0.1, -0.05) is 43.7 Å². The molecule has 12 nitrogen and oxygen atoms in total. The molecule has 57 heavy (non-hydrogen) atoms. The van der Waals surface area contributed by atoms with Crippen LogP contribution >= 0.6 is 18.9 Å². The quantitative estimate of drug-likeness (QED) is 0.101. The number of halogens is 2. The minimum Gasteiger partial charge on any atom is -0.465 e. The second kappa shape index (κ2) is 17.0. The van der Waals surface area contributed by atoms with E-state index in [0.29, 0.717) is 42.4 Å². The number of amides is 3. The molecule has 3 fully saturated rings. The number of hydrogen-bond acceptors (Lipinski definition) is 9. The number of benzene rings is 2. The highest BCUT2D eigenvalue weighted by molar-refractivity contribution is 7.58. The Kier molecular flexibility index (Phi) is 12.1. The number of fused-ring (bicyclic) bond motifs is 2. The molecule has 2 unspecified atom stereocenters. The number of para-hydroxylation sites is 1. The van der Waals surface area contributed by atoms with Gasteiger partial charge in [0.15, 0.2) is 0 Å². The number of ether oxygens (including phenoxy) is 1. The van der Waals surface area contributed by atoms with E-state index in [-0.39, 0.29) is 47.6 Å². The van der Waals surface area contributed by atoms with Crippen molar-refractivity contribution in [1.29, 1.82) is 0 Å². The third kappa shape index (κ3) is 8.47. The van der Waals surface area contributed by atoms with E-state index in [0.717, 1.165) is 48.3 Å². The summed E-state index contributed by atoms with van der Waals surface area (Å²) in [5.74, 6) is -1.86. The first-order valence-corrected chi connectivity index (χ1v) is 21.8. The number of pyridine rings is 1. The number of aromatic nitrogens is 1. The van der Waals surface area contributed by atoms with Crippen molar-refractivity contribution >= 4 is 52.6 Å². The average Bonchev–Trinajstić information content (AvgIpc) is 3.78. The van der Waals surface area contributed by atoms with Crippen molar-refractivity contribution in [2.75, 3.05) is 26.2 Å². The summed E-state index contributed by atoms with van der Waals surface area (Å²) < 4.78 is 58.1. The summed E-state index contributed by atoms with van der Waals surface area (Å²) in [4.78, 5) is 61.7. The van der Waals surface area contributed by atoms with Crippen molar-refractivity contribution < 1.29 is 41.8 Å². The summed E-state index contributed by atoms with van der Waals surface area (Å²) in [6, 6.07) is 14.6. The predicted molar refractivity (Wildman–Crippen MR) is 211 cm³/mol. The van der Waals surface area contributed by atoms with Gasteiger partial charge in [0, 0.05) is 54.3 Å². The molecule has 5 atom stereocenters. The Bertz CT molecular complexity index is 2150. The lowest BCUT2D eigenvalue weighted by molar-refractivity contribution is -0.149. The molecule has 0 aliphatic carbocycles. The van der Waals surface area contributed by atoms with Crippen molar-refractivity contribution in [3.8, 4) is 5.75 Å². The zero-order valence-electron chi connectivity index (χ0n) is 31.8. The van der Waals surface area contributed by atoms with Crippen LogP contribution in [0.2, 0.25) is 0 Å². The fourth-order valence-corrected chi connectivity index (χ4v) is 10.6. The van der Waals surface area contributed by atoms with Gasteiger partial charge in [0.25, 0.3) is 5.91 Å². The van der Waals surface area contributed by atoms with Gasteiger partial charge in [-0.25, -0.2) is 5.09 Å². The molecule has 3 amide bonds. The second-order valence-electron chi connectivity index (χ2n) is 14.9. The van der Waals surface area contributed by atoms with Crippen LogP contribution in [-0.4, -0.2) is 82.8 Å². The zero-order chi connectivity index (χ0) is 40.3. The summed E-state index contributed by atoms with van der Waals surface area (Å²) >= 11 is 1.10. The summed E-state index contributed by atoms with van der Waals surface area (Å²) in [7, 11) is -5.20. The molecule has 0 bridgehead atoms. The Morgan fingerprint density at radius 3 is 2.56 bits per heavy atom. The number of carbonyl (C=O) groups is 4. The van der Waals surface area contributed by atoms with Crippen LogP contribution in [0.25, 0.3) is 10.1 Å². The number of rotatable bonds is 14. The molecule has 16 heteroatoms. The smallest absolute Gasteiger partial charge is 0.390 e. The van der Waals surface area contributed by atoms with Crippen molar-refractivity contribution in [3.05, 3.63) is 95.1 Å². The highest BCUT2D eigenvalue weighted by atomic mass is 32.1. The van der Waals surface area contributed by atoms with Crippen molar-refractivity contribution in [1.82, 2.24) is 25.2 Å². The topological polar surface area (TPSA) is 147 Å². The minimum absolute atomic E-state index is 0.0147. The largest absolute Gasteiger partial charge is 0.465 e. The molecule has 2 aromatic heterocycles. The SMILES string of the molecule is CCCOC(=O)[C@H](C)NP(=O)(Oc1ccccc1)C(F)(F)c1ccc2sc(C(=O)NCC3CCC[C@H]4CC[C@@H](C(=O)N5CC(c6cccnc6)C5)N4C3=O)cc2c1. The van der Waals surface area contributed by atoms with E-state index in [2.05, 4.69) is 15.4 Å². The zero-order valence-corrected chi connectivity index (χ0v) is 33.5. The van der Waals surface area contributed by atoms with E-state index in [9.17, 15) is 23.7 Å².